The van der Waals surface area contributed by atoms with Gasteiger partial charge in [0.2, 0.25) is 5.91 Å². The first-order valence-electron chi connectivity index (χ1n) is 7.52. The van der Waals surface area contributed by atoms with Crippen molar-refractivity contribution >= 4 is 34.4 Å². The number of fused-ring (bicyclic) bond motifs is 1. The molecule has 2 amide bonds. The summed E-state index contributed by atoms with van der Waals surface area (Å²) in [5, 5.41) is 2.73. The van der Waals surface area contributed by atoms with Gasteiger partial charge < -0.3 is 10.2 Å². The van der Waals surface area contributed by atoms with Crippen molar-refractivity contribution < 1.29 is 9.59 Å². The Labute approximate surface area is 149 Å². The van der Waals surface area contributed by atoms with Crippen molar-refractivity contribution in [3.8, 4) is 0 Å². The van der Waals surface area contributed by atoms with Crippen LogP contribution >= 0.6 is 22.6 Å². The molecule has 1 heterocycles. The zero-order valence-corrected chi connectivity index (χ0v) is 14.7. The van der Waals surface area contributed by atoms with Crippen LogP contribution in [0.25, 0.3) is 0 Å². The fourth-order valence-corrected chi connectivity index (χ4v) is 3.35. The van der Waals surface area contributed by atoms with Gasteiger partial charge in [-0.3, -0.25) is 9.59 Å². The van der Waals surface area contributed by atoms with E-state index in [2.05, 4.69) is 40.0 Å². The van der Waals surface area contributed by atoms with Gasteiger partial charge in [-0.1, -0.05) is 36.4 Å². The lowest BCUT2D eigenvalue weighted by Crippen LogP contribution is -2.42. The van der Waals surface area contributed by atoms with Crippen LogP contribution in [0.1, 0.15) is 21.5 Å². The first-order chi connectivity index (χ1) is 11.1. The molecule has 0 aromatic heterocycles. The van der Waals surface area contributed by atoms with Gasteiger partial charge in [-0.2, -0.15) is 0 Å². The second-order valence-corrected chi connectivity index (χ2v) is 6.66. The summed E-state index contributed by atoms with van der Waals surface area (Å²) in [6, 6.07) is 15.5. The molecule has 0 saturated carbocycles. The van der Waals surface area contributed by atoms with Crippen LogP contribution in [0.5, 0.6) is 0 Å². The van der Waals surface area contributed by atoms with E-state index in [4.69, 9.17) is 0 Å². The number of amides is 2. The Bertz CT molecular complexity index is 745. The number of hydrogen-bond donors (Lipinski definition) is 1. The number of benzene rings is 2. The quantitative estimate of drug-likeness (QED) is 0.777. The zero-order chi connectivity index (χ0) is 16.2. The number of nitrogens with one attached hydrogen (secondary N) is 1. The van der Waals surface area contributed by atoms with E-state index in [1.54, 1.807) is 11.0 Å². The first kappa shape index (κ1) is 16.0. The van der Waals surface area contributed by atoms with Crippen LogP contribution in [-0.2, 0) is 17.8 Å². The molecule has 2 aromatic carbocycles. The van der Waals surface area contributed by atoms with Crippen LogP contribution in [0.3, 0.4) is 0 Å². The lowest BCUT2D eigenvalue weighted by molar-refractivity contribution is -0.131. The average Bonchev–Trinajstić information content (AvgIpc) is 2.59. The van der Waals surface area contributed by atoms with Crippen LogP contribution in [-0.4, -0.2) is 29.8 Å². The SMILES string of the molecule is O=C(NCC(=O)N1CCc2ccccc2C1)c1ccccc1I. The van der Waals surface area contributed by atoms with Gasteiger partial charge in [0.25, 0.3) is 5.91 Å². The van der Waals surface area contributed by atoms with E-state index in [-0.39, 0.29) is 18.4 Å². The molecule has 0 bridgehead atoms. The van der Waals surface area contributed by atoms with E-state index in [0.29, 0.717) is 18.7 Å². The van der Waals surface area contributed by atoms with Gasteiger partial charge in [-0.05, 0) is 52.3 Å². The van der Waals surface area contributed by atoms with Gasteiger partial charge in [-0.15, -0.1) is 0 Å². The number of carbonyl (C=O) groups is 2. The average molecular weight is 420 g/mol. The van der Waals surface area contributed by atoms with Crippen molar-refractivity contribution in [3.63, 3.8) is 0 Å². The summed E-state index contributed by atoms with van der Waals surface area (Å²) in [6.07, 6.45) is 0.868. The molecule has 5 heteroatoms. The number of halogens is 1. The van der Waals surface area contributed by atoms with Crippen LogP contribution in [0.4, 0.5) is 0 Å². The summed E-state index contributed by atoms with van der Waals surface area (Å²) >= 11 is 2.12. The van der Waals surface area contributed by atoms with E-state index in [9.17, 15) is 9.59 Å². The maximum absolute atomic E-state index is 12.3. The predicted molar refractivity (Wildman–Crippen MR) is 97.1 cm³/mol. The molecule has 0 spiro atoms. The van der Waals surface area contributed by atoms with E-state index in [0.717, 1.165) is 9.99 Å². The van der Waals surface area contributed by atoms with Crippen LogP contribution in [0, 0.1) is 3.57 Å². The Hall–Kier alpha value is -1.89. The summed E-state index contributed by atoms with van der Waals surface area (Å²) < 4.78 is 0.877. The molecule has 0 unspecified atom stereocenters. The number of hydrogen-bond acceptors (Lipinski definition) is 2. The molecule has 4 nitrogen and oxygen atoms in total. The monoisotopic (exact) mass is 420 g/mol. The Kier molecular flexibility index (Phi) is 4.95. The second-order valence-electron chi connectivity index (χ2n) is 5.50. The molecule has 3 rings (SSSR count). The van der Waals surface area contributed by atoms with Crippen molar-refractivity contribution in [3.05, 3.63) is 68.8 Å². The van der Waals surface area contributed by atoms with Crippen LogP contribution in [0.15, 0.2) is 48.5 Å². The number of nitrogens with zero attached hydrogens (tertiary/aromatic N) is 1. The summed E-state index contributed by atoms with van der Waals surface area (Å²) in [5.41, 5.74) is 3.10. The minimum absolute atomic E-state index is 0.0337. The van der Waals surface area contributed by atoms with E-state index >= 15 is 0 Å². The molecule has 1 aliphatic heterocycles. The molecule has 0 aliphatic carbocycles. The minimum Gasteiger partial charge on any atom is -0.343 e. The highest BCUT2D eigenvalue weighted by Crippen LogP contribution is 2.18. The molecule has 2 aromatic rings. The third kappa shape index (κ3) is 3.72. The van der Waals surface area contributed by atoms with Crippen molar-refractivity contribution in [2.45, 2.75) is 13.0 Å². The highest BCUT2D eigenvalue weighted by molar-refractivity contribution is 14.1. The highest BCUT2D eigenvalue weighted by atomic mass is 127. The van der Waals surface area contributed by atoms with Crippen molar-refractivity contribution in [2.24, 2.45) is 0 Å². The molecule has 118 valence electrons. The Morgan fingerprint density at radius 2 is 1.74 bits per heavy atom. The molecule has 0 fully saturated rings. The minimum atomic E-state index is -0.208. The van der Waals surface area contributed by atoms with Gasteiger partial charge in [-0.25, -0.2) is 0 Å². The van der Waals surface area contributed by atoms with Gasteiger partial charge in [0, 0.05) is 16.7 Å². The lowest BCUT2D eigenvalue weighted by atomic mass is 10.00. The van der Waals surface area contributed by atoms with E-state index in [1.165, 1.54) is 11.1 Å². The van der Waals surface area contributed by atoms with Gasteiger partial charge in [0.05, 0.1) is 12.1 Å². The molecular weight excluding hydrogens is 403 g/mol. The Morgan fingerprint density at radius 1 is 1.04 bits per heavy atom. The third-order valence-electron chi connectivity index (χ3n) is 4.00. The fraction of sp³-hybridized carbons (Fsp3) is 0.222. The van der Waals surface area contributed by atoms with Gasteiger partial charge in [0.15, 0.2) is 0 Å². The van der Waals surface area contributed by atoms with Crippen LogP contribution in [0.2, 0.25) is 0 Å². The smallest absolute Gasteiger partial charge is 0.252 e. The lowest BCUT2D eigenvalue weighted by Gasteiger charge is -2.29. The molecule has 0 saturated heterocycles. The highest BCUT2D eigenvalue weighted by Gasteiger charge is 2.21. The zero-order valence-electron chi connectivity index (χ0n) is 12.6. The fourth-order valence-electron chi connectivity index (χ4n) is 2.72. The maximum atomic E-state index is 12.3. The molecule has 0 radical (unpaired) electrons. The summed E-state index contributed by atoms with van der Waals surface area (Å²) in [4.78, 5) is 26.3. The maximum Gasteiger partial charge on any atom is 0.252 e. The molecular formula is C18H17IN2O2. The topological polar surface area (TPSA) is 49.4 Å². The Morgan fingerprint density at radius 3 is 2.52 bits per heavy atom. The largest absolute Gasteiger partial charge is 0.343 e. The second kappa shape index (κ2) is 7.12. The Balaban J connectivity index is 1.58. The van der Waals surface area contributed by atoms with Crippen LogP contribution < -0.4 is 5.32 Å². The summed E-state index contributed by atoms with van der Waals surface area (Å²) in [7, 11) is 0. The molecule has 23 heavy (non-hydrogen) atoms. The molecule has 1 N–H and O–H groups in total. The van der Waals surface area contributed by atoms with Crippen molar-refractivity contribution in [2.75, 3.05) is 13.1 Å². The van der Waals surface area contributed by atoms with Gasteiger partial charge in [0.1, 0.15) is 0 Å². The molecule has 1 aliphatic rings. The predicted octanol–water partition coefficient (Wildman–Crippen LogP) is 2.61. The third-order valence-corrected chi connectivity index (χ3v) is 4.94. The first-order valence-corrected chi connectivity index (χ1v) is 8.60. The number of rotatable bonds is 3. The summed E-state index contributed by atoms with van der Waals surface area (Å²) in [5.74, 6) is -0.250. The molecule has 0 atom stereocenters. The number of carbonyl (C=O) groups excluding carboxylic acids is 2. The van der Waals surface area contributed by atoms with Crippen molar-refractivity contribution in [1.82, 2.24) is 10.2 Å². The van der Waals surface area contributed by atoms with Gasteiger partial charge >= 0.3 is 0 Å². The van der Waals surface area contributed by atoms with E-state index in [1.807, 2.05) is 30.3 Å². The van der Waals surface area contributed by atoms with E-state index < -0.39 is 0 Å². The summed E-state index contributed by atoms with van der Waals surface area (Å²) in [6.45, 7) is 1.36. The standard InChI is InChI=1S/C18H17IN2O2/c19-16-8-4-3-7-15(16)18(23)20-11-17(22)21-10-9-13-5-1-2-6-14(13)12-21/h1-8H,9-12H2,(H,20,23). The van der Waals surface area contributed by atoms with Crippen molar-refractivity contribution in [1.29, 1.82) is 0 Å². The normalized spacial score (nSPS) is 13.3.